The Morgan fingerprint density at radius 3 is 1.79 bits per heavy atom. The van der Waals surface area contributed by atoms with E-state index in [-0.39, 0.29) is 0 Å². The monoisotopic (exact) mass is 502 g/mol. The second-order valence-electron chi connectivity index (χ2n) is 8.67. The first-order valence-corrected chi connectivity index (χ1v) is 20.0. The molecule has 0 saturated carbocycles. The van der Waals surface area contributed by atoms with Gasteiger partial charge >= 0.3 is 187 Å². The van der Waals surface area contributed by atoms with Crippen LogP contribution in [0.4, 0.5) is 0 Å². The van der Waals surface area contributed by atoms with Gasteiger partial charge in [-0.3, -0.25) is 0 Å². The molecule has 0 aliphatic carbocycles. The number of hydrogen-bond donors (Lipinski definition) is 0. The van der Waals surface area contributed by atoms with E-state index in [1.807, 2.05) is 0 Å². The van der Waals surface area contributed by atoms with Crippen molar-refractivity contribution < 1.29 is 0 Å². The Hall–Kier alpha value is -0.681. The Labute approximate surface area is 186 Å². The van der Waals surface area contributed by atoms with Gasteiger partial charge in [-0.25, -0.2) is 0 Å². The van der Waals surface area contributed by atoms with Crippen molar-refractivity contribution in [1.29, 1.82) is 0 Å². The molecule has 0 spiro atoms. The maximum absolute atomic E-state index is 3.80. The molecule has 0 atom stereocenters. The van der Waals surface area contributed by atoms with Crippen LogP contribution in [-0.4, -0.2) is 18.4 Å². The molecule has 0 amide bonds. The summed E-state index contributed by atoms with van der Waals surface area (Å²) in [5, 5.41) is 0. The molecule has 0 heterocycles. The van der Waals surface area contributed by atoms with Crippen molar-refractivity contribution in [2.24, 2.45) is 0 Å². The van der Waals surface area contributed by atoms with Crippen molar-refractivity contribution in [3.8, 4) is 11.8 Å². The van der Waals surface area contributed by atoms with Gasteiger partial charge in [0.1, 0.15) is 0 Å². The Morgan fingerprint density at radius 1 is 0.724 bits per heavy atom. The van der Waals surface area contributed by atoms with E-state index in [1.54, 1.807) is 3.59 Å². The van der Waals surface area contributed by atoms with Gasteiger partial charge in [-0.1, -0.05) is 0 Å². The van der Waals surface area contributed by atoms with Crippen molar-refractivity contribution in [3.63, 3.8) is 0 Å². The quantitative estimate of drug-likeness (QED) is 0.128. The molecule has 0 nitrogen and oxygen atoms in total. The normalized spacial score (nSPS) is 11.9. The molecule has 29 heavy (non-hydrogen) atoms. The molecule has 0 aromatic heterocycles. The maximum atomic E-state index is 3.80. The molecule has 1 rings (SSSR count). The Morgan fingerprint density at radius 2 is 1.28 bits per heavy atom. The van der Waals surface area contributed by atoms with Gasteiger partial charge < -0.3 is 0 Å². The van der Waals surface area contributed by atoms with Crippen LogP contribution in [0.1, 0.15) is 104 Å². The fourth-order valence-corrected chi connectivity index (χ4v) is 20.1. The summed E-state index contributed by atoms with van der Waals surface area (Å²) in [5.74, 6) is 7.36. The first-order valence-electron chi connectivity index (χ1n) is 12.5. The molecule has 0 radical (unpaired) electrons. The number of unbranched alkanes of at least 4 members (excludes halogenated alkanes) is 7. The van der Waals surface area contributed by atoms with Crippen LogP contribution in [0.2, 0.25) is 13.3 Å². The topological polar surface area (TPSA) is 0 Å². The molecule has 0 fully saturated rings. The first kappa shape index (κ1) is 26.4. The van der Waals surface area contributed by atoms with Crippen LogP contribution in [0, 0.1) is 11.8 Å². The van der Waals surface area contributed by atoms with E-state index in [1.165, 1.54) is 89.5 Å². The summed E-state index contributed by atoms with van der Waals surface area (Å²) in [6.45, 7) is 9.38. The van der Waals surface area contributed by atoms with Crippen LogP contribution < -0.4 is 0 Å². The van der Waals surface area contributed by atoms with Gasteiger partial charge in [-0.2, -0.15) is 0 Å². The van der Waals surface area contributed by atoms with E-state index < -0.39 is 18.4 Å². The molecule has 0 N–H and O–H groups in total. The van der Waals surface area contributed by atoms with Gasteiger partial charge in [0.05, 0.1) is 0 Å². The van der Waals surface area contributed by atoms with Crippen molar-refractivity contribution in [2.75, 3.05) is 0 Å². The zero-order valence-corrected chi connectivity index (χ0v) is 22.7. The van der Waals surface area contributed by atoms with E-state index in [0.29, 0.717) is 0 Å². The summed E-state index contributed by atoms with van der Waals surface area (Å²) in [5.41, 5.74) is 1.17. The number of allylic oxidation sites excluding steroid dienone is 2. The SMILES string of the molecule is CCCCCC/C=[C](/C#Cc1ccccc1)[Sn]([CH2]CCC)([CH2]CCC)[CH2]CCC. The Kier molecular flexibility index (Phi) is 15.5. The van der Waals surface area contributed by atoms with Crippen molar-refractivity contribution in [2.45, 2.75) is 112 Å². The predicted octanol–water partition coefficient (Wildman–Crippen LogP) is 9.32. The fraction of sp³-hybridized carbons (Fsp3) is 0.643. The summed E-state index contributed by atoms with van der Waals surface area (Å²) in [6, 6.07) is 10.6. The second-order valence-corrected chi connectivity index (χ2v) is 21.8. The molecule has 1 aromatic rings. The molecular formula is C28H46Sn. The third-order valence-corrected chi connectivity index (χ3v) is 21.5. The van der Waals surface area contributed by atoms with Crippen molar-refractivity contribution >= 4 is 18.4 Å². The molecule has 0 saturated heterocycles. The van der Waals surface area contributed by atoms with Gasteiger partial charge in [-0.05, 0) is 0 Å². The Bertz CT molecular complexity index is 580. The molecule has 0 unspecified atom stereocenters. The number of hydrogen-bond acceptors (Lipinski definition) is 0. The van der Waals surface area contributed by atoms with Crippen LogP contribution in [0.5, 0.6) is 0 Å². The summed E-state index contributed by atoms with van der Waals surface area (Å²) < 4.78 is 6.19. The fourth-order valence-electron chi connectivity index (χ4n) is 4.20. The van der Waals surface area contributed by atoms with Gasteiger partial charge in [-0.15, -0.1) is 0 Å². The summed E-state index contributed by atoms with van der Waals surface area (Å²) in [7, 11) is 0. The number of benzene rings is 1. The average molecular weight is 501 g/mol. The van der Waals surface area contributed by atoms with Gasteiger partial charge in [0.2, 0.25) is 0 Å². The standard InChI is InChI=1S/C16H19.3C4H9.Sn/c1-2-3-4-5-6-7-8-10-13-16-14-11-9-12-15-16;3*1-3-4-2;/h7,9,11-12,14-15H,2-6H2,1H3;3*1,3-4H2,2H3;. The summed E-state index contributed by atoms with van der Waals surface area (Å²) >= 11 is -2.45. The molecule has 0 bridgehead atoms. The van der Waals surface area contributed by atoms with E-state index in [0.717, 1.165) is 0 Å². The third kappa shape index (κ3) is 10.8. The van der Waals surface area contributed by atoms with Crippen LogP contribution in [0.3, 0.4) is 0 Å². The minimum absolute atomic E-state index is 1.17. The molecule has 162 valence electrons. The minimum atomic E-state index is -2.45. The van der Waals surface area contributed by atoms with Crippen LogP contribution in [0.25, 0.3) is 0 Å². The Balaban J connectivity index is 3.22. The van der Waals surface area contributed by atoms with E-state index >= 15 is 0 Å². The van der Waals surface area contributed by atoms with Gasteiger partial charge in [0.15, 0.2) is 0 Å². The van der Waals surface area contributed by atoms with E-state index in [4.69, 9.17) is 0 Å². The zero-order valence-electron chi connectivity index (χ0n) is 19.9. The average Bonchev–Trinajstić information content (AvgIpc) is 2.76. The van der Waals surface area contributed by atoms with Crippen molar-refractivity contribution in [3.05, 3.63) is 45.6 Å². The van der Waals surface area contributed by atoms with Gasteiger partial charge in [0, 0.05) is 0 Å². The van der Waals surface area contributed by atoms with E-state index in [2.05, 4.69) is 75.9 Å². The van der Waals surface area contributed by atoms with Crippen LogP contribution in [0.15, 0.2) is 40.0 Å². The van der Waals surface area contributed by atoms with Crippen LogP contribution in [-0.2, 0) is 0 Å². The van der Waals surface area contributed by atoms with Crippen molar-refractivity contribution in [1.82, 2.24) is 0 Å². The second kappa shape index (κ2) is 17.0. The molecule has 1 aromatic carbocycles. The zero-order chi connectivity index (χ0) is 21.2. The number of rotatable bonds is 15. The summed E-state index contributed by atoms with van der Waals surface area (Å²) in [6.07, 6.45) is 17.5. The van der Waals surface area contributed by atoms with E-state index in [9.17, 15) is 0 Å². The summed E-state index contributed by atoms with van der Waals surface area (Å²) in [4.78, 5) is 0. The predicted molar refractivity (Wildman–Crippen MR) is 135 cm³/mol. The molecular weight excluding hydrogens is 455 g/mol. The molecule has 1 heteroatoms. The van der Waals surface area contributed by atoms with Crippen LogP contribution >= 0.6 is 0 Å². The van der Waals surface area contributed by atoms with Gasteiger partial charge in [0.25, 0.3) is 0 Å². The molecule has 0 aliphatic heterocycles. The third-order valence-electron chi connectivity index (χ3n) is 6.12. The molecule has 0 aliphatic rings. The first-order chi connectivity index (χ1) is 14.2.